The summed E-state index contributed by atoms with van der Waals surface area (Å²) >= 11 is 5.89. The van der Waals surface area contributed by atoms with Crippen molar-refractivity contribution >= 4 is 17.5 Å². The number of benzene rings is 1. The predicted molar refractivity (Wildman–Crippen MR) is 81.5 cm³/mol. The molecule has 0 heterocycles. The van der Waals surface area contributed by atoms with Crippen molar-refractivity contribution in [2.75, 3.05) is 13.7 Å². The van der Waals surface area contributed by atoms with E-state index in [-0.39, 0.29) is 5.91 Å². The Morgan fingerprint density at radius 1 is 1.40 bits per heavy atom. The molecule has 3 nitrogen and oxygen atoms in total. The van der Waals surface area contributed by atoms with E-state index in [0.29, 0.717) is 16.3 Å². The lowest BCUT2D eigenvalue weighted by atomic mass is 10.0. The van der Waals surface area contributed by atoms with Crippen LogP contribution < -0.4 is 10.1 Å². The SMILES string of the molecule is COc1cc(Cl)ccc1C(=O)NCCCC1CCCC1. The van der Waals surface area contributed by atoms with Gasteiger partial charge < -0.3 is 10.1 Å². The van der Waals surface area contributed by atoms with Crippen molar-refractivity contribution in [2.45, 2.75) is 38.5 Å². The van der Waals surface area contributed by atoms with E-state index in [2.05, 4.69) is 5.32 Å². The highest BCUT2D eigenvalue weighted by molar-refractivity contribution is 6.30. The van der Waals surface area contributed by atoms with E-state index < -0.39 is 0 Å². The van der Waals surface area contributed by atoms with E-state index in [9.17, 15) is 4.79 Å². The number of halogens is 1. The molecule has 0 aliphatic heterocycles. The number of rotatable bonds is 6. The normalized spacial score (nSPS) is 15.3. The first-order valence-electron chi connectivity index (χ1n) is 7.32. The zero-order chi connectivity index (χ0) is 14.4. The molecular formula is C16H22ClNO2. The highest BCUT2D eigenvalue weighted by Crippen LogP contribution is 2.28. The second kappa shape index (κ2) is 7.53. The molecular weight excluding hydrogens is 274 g/mol. The molecule has 4 heteroatoms. The third-order valence-corrected chi connectivity index (χ3v) is 4.19. The Morgan fingerprint density at radius 3 is 2.85 bits per heavy atom. The van der Waals surface area contributed by atoms with Crippen LogP contribution in [0.15, 0.2) is 18.2 Å². The topological polar surface area (TPSA) is 38.3 Å². The molecule has 0 atom stereocenters. The highest BCUT2D eigenvalue weighted by Gasteiger charge is 2.15. The number of ether oxygens (including phenoxy) is 1. The monoisotopic (exact) mass is 295 g/mol. The second-order valence-electron chi connectivity index (χ2n) is 5.39. The molecule has 110 valence electrons. The molecule has 1 saturated carbocycles. The molecule has 1 amide bonds. The van der Waals surface area contributed by atoms with Crippen LogP contribution >= 0.6 is 11.6 Å². The van der Waals surface area contributed by atoms with Gasteiger partial charge in [0.2, 0.25) is 0 Å². The summed E-state index contributed by atoms with van der Waals surface area (Å²) in [7, 11) is 1.54. The van der Waals surface area contributed by atoms with E-state index in [4.69, 9.17) is 16.3 Å². The summed E-state index contributed by atoms with van der Waals surface area (Å²) in [6.45, 7) is 0.723. The van der Waals surface area contributed by atoms with Crippen LogP contribution in [-0.4, -0.2) is 19.6 Å². The van der Waals surface area contributed by atoms with Crippen molar-refractivity contribution in [3.8, 4) is 5.75 Å². The molecule has 0 radical (unpaired) electrons. The molecule has 2 rings (SSSR count). The van der Waals surface area contributed by atoms with Gasteiger partial charge in [0.15, 0.2) is 0 Å². The molecule has 20 heavy (non-hydrogen) atoms. The van der Waals surface area contributed by atoms with Crippen LogP contribution in [0.3, 0.4) is 0 Å². The van der Waals surface area contributed by atoms with Crippen LogP contribution in [0.25, 0.3) is 0 Å². The van der Waals surface area contributed by atoms with Crippen LogP contribution in [0.5, 0.6) is 5.75 Å². The minimum atomic E-state index is -0.0926. The first-order chi connectivity index (χ1) is 9.70. The molecule has 1 N–H and O–H groups in total. The first kappa shape index (κ1) is 15.2. The molecule has 0 unspecified atom stereocenters. The van der Waals surface area contributed by atoms with Crippen molar-refractivity contribution in [3.63, 3.8) is 0 Å². The quantitative estimate of drug-likeness (QED) is 0.804. The summed E-state index contributed by atoms with van der Waals surface area (Å²) in [6.07, 6.45) is 7.74. The van der Waals surface area contributed by atoms with Crippen molar-refractivity contribution in [1.82, 2.24) is 5.32 Å². The van der Waals surface area contributed by atoms with Gasteiger partial charge in [-0.25, -0.2) is 0 Å². The van der Waals surface area contributed by atoms with Gasteiger partial charge in [-0.2, -0.15) is 0 Å². The molecule has 0 spiro atoms. The number of nitrogens with one attached hydrogen (secondary N) is 1. The Hall–Kier alpha value is -1.22. The smallest absolute Gasteiger partial charge is 0.255 e. The molecule has 0 saturated heterocycles. The molecule has 1 aromatic carbocycles. The lowest BCUT2D eigenvalue weighted by Gasteiger charge is -2.11. The van der Waals surface area contributed by atoms with E-state index in [1.165, 1.54) is 32.1 Å². The van der Waals surface area contributed by atoms with Gasteiger partial charge in [-0.3, -0.25) is 4.79 Å². The maximum absolute atomic E-state index is 12.1. The average molecular weight is 296 g/mol. The number of carbonyl (C=O) groups excluding carboxylic acids is 1. The van der Waals surface area contributed by atoms with Gasteiger partial charge >= 0.3 is 0 Å². The second-order valence-corrected chi connectivity index (χ2v) is 5.83. The molecule has 1 aromatic rings. The fourth-order valence-electron chi connectivity index (χ4n) is 2.84. The minimum Gasteiger partial charge on any atom is -0.496 e. The Balaban J connectivity index is 1.79. The average Bonchev–Trinajstić information content (AvgIpc) is 2.96. The lowest BCUT2D eigenvalue weighted by molar-refractivity contribution is 0.0949. The Kier molecular flexibility index (Phi) is 5.72. The van der Waals surface area contributed by atoms with Gasteiger partial charge in [-0.15, -0.1) is 0 Å². The standard InChI is InChI=1S/C16H22ClNO2/c1-20-15-11-13(17)8-9-14(15)16(19)18-10-4-7-12-5-2-3-6-12/h8-9,11-12H,2-7,10H2,1H3,(H,18,19). The van der Waals surface area contributed by atoms with Gasteiger partial charge in [0.25, 0.3) is 5.91 Å². The summed E-state index contributed by atoms with van der Waals surface area (Å²) in [6, 6.07) is 5.07. The number of amides is 1. The molecule has 1 aliphatic rings. The first-order valence-corrected chi connectivity index (χ1v) is 7.70. The summed E-state index contributed by atoms with van der Waals surface area (Å²) in [5, 5.41) is 3.52. The van der Waals surface area contributed by atoms with Gasteiger partial charge in [-0.1, -0.05) is 37.3 Å². The number of carbonyl (C=O) groups is 1. The van der Waals surface area contributed by atoms with Gasteiger partial charge in [0.1, 0.15) is 5.75 Å². The summed E-state index contributed by atoms with van der Waals surface area (Å²) in [4.78, 5) is 12.1. The van der Waals surface area contributed by atoms with Crippen LogP contribution in [0.1, 0.15) is 48.9 Å². The third-order valence-electron chi connectivity index (χ3n) is 3.96. The number of hydrogen-bond donors (Lipinski definition) is 1. The molecule has 0 aromatic heterocycles. The molecule has 0 bridgehead atoms. The third kappa shape index (κ3) is 4.14. The molecule has 1 fully saturated rings. The Labute approximate surface area is 125 Å². The fraction of sp³-hybridized carbons (Fsp3) is 0.562. The van der Waals surface area contributed by atoms with E-state index >= 15 is 0 Å². The Morgan fingerprint density at radius 2 is 2.15 bits per heavy atom. The van der Waals surface area contributed by atoms with E-state index in [1.54, 1.807) is 25.3 Å². The predicted octanol–water partition coefficient (Wildman–Crippen LogP) is 4.05. The molecule has 1 aliphatic carbocycles. The zero-order valence-corrected chi connectivity index (χ0v) is 12.7. The largest absolute Gasteiger partial charge is 0.496 e. The summed E-state index contributed by atoms with van der Waals surface area (Å²) < 4.78 is 5.19. The maximum atomic E-state index is 12.1. The minimum absolute atomic E-state index is 0.0926. The van der Waals surface area contributed by atoms with Gasteiger partial charge in [-0.05, 0) is 37.0 Å². The lowest BCUT2D eigenvalue weighted by Crippen LogP contribution is -2.25. The van der Waals surface area contributed by atoms with Crippen molar-refractivity contribution in [1.29, 1.82) is 0 Å². The van der Waals surface area contributed by atoms with E-state index in [1.807, 2.05) is 0 Å². The van der Waals surface area contributed by atoms with E-state index in [0.717, 1.165) is 18.9 Å². The van der Waals surface area contributed by atoms with Gasteiger partial charge in [0, 0.05) is 11.6 Å². The van der Waals surface area contributed by atoms with Crippen LogP contribution in [0, 0.1) is 5.92 Å². The zero-order valence-electron chi connectivity index (χ0n) is 12.0. The summed E-state index contributed by atoms with van der Waals surface area (Å²) in [5.41, 5.74) is 0.540. The summed E-state index contributed by atoms with van der Waals surface area (Å²) in [5.74, 6) is 1.30. The van der Waals surface area contributed by atoms with Crippen molar-refractivity contribution in [2.24, 2.45) is 5.92 Å². The van der Waals surface area contributed by atoms with Crippen molar-refractivity contribution < 1.29 is 9.53 Å². The van der Waals surface area contributed by atoms with Crippen LogP contribution in [-0.2, 0) is 0 Å². The van der Waals surface area contributed by atoms with Crippen molar-refractivity contribution in [3.05, 3.63) is 28.8 Å². The maximum Gasteiger partial charge on any atom is 0.255 e. The van der Waals surface area contributed by atoms with Crippen LogP contribution in [0.2, 0.25) is 5.02 Å². The Bertz CT molecular complexity index is 456. The van der Waals surface area contributed by atoms with Crippen LogP contribution in [0.4, 0.5) is 0 Å². The highest BCUT2D eigenvalue weighted by atomic mass is 35.5. The van der Waals surface area contributed by atoms with Gasteiger partial charge in [0.05, 0.1) is 12.7 Å². The number of methoxy groups -OCH3 is 1. The fourth-order valence-corrected chi connectivity index (χ4v) is 3.00. The number of hydrogen-bond acceptors (Lipinski definition) is 2.